The Hall–Kier alpha value is -3.73. The Balaban J connectivity index is 1.53. The Morgan fingerprint density at radius 3 is 2.17 bits per heavy atom. The van der Waals surface area contributed by atoms with Crippen LogP contribution < -0.4 is 14.2 Å². The normalized spacial score (nSPS) is 14.4. The highest BCUT2D eigenvalue weighted by molar-refractivity contribution is 9.10. The second-order valence-corrected chi connectivity index (χ2v) is 8.60. The number of Topliss-reactive ketones (excluding diaryl/α,β-unsaturated/α-hetero) is 1. The van der Waals surface area contributed by atoms with E-state index >= 15 is 0 Å². The summed E-state index contributed by atoms with van der Waals surface area (Å²) < 4.78 is 84.0. The number of rotatable bonds is 5. The molecule has 1 atom stereocenters. The fourth-order valence-electron chi connectivity index (χ4n) is 3.36. The lowest BCUT2D eigenvalue weighted by atomic mass is 10.0. The van der Waals surface area contributed by atoms with Crippen molar-refractivity contribution < 1.29 is 45.8 Å². The third-order valence-corrected chi connectivity index (χ3v) is 5.65. The molecule has 1 aliphatic heterocycles. The van der Waals surface area contributed by atoms with Gasteiger partial charge in [-0.2, -0.15) is 8.78 Å². The molecule has 1 unspecified atom stereocenters. The van der Waals surface area contributed by atoms with Crippen molar-refractivity contribution in [1.82, 2.24) is 0 Å². The number of fused-ring (bicyclic) bond motifs is 1. The molecule has 0 saturated heterocycles. The molecule has 1 heterocycles. The van der Waals surface area contributed by atoms with Gasteiger partial charge in [0.25, 0.3) is 0 Å². The maximum Gasteiger partial charge on any atom is 0.352 e. The number of carbonyl (C=O) groups excluding carboxylic acids is 2. The van der Waals surface area contributed by atoms with E-state index in [0.717, 1.165) is 11.4 Å². The Morgan fingerprint density at radius 2 is 1.56 bits per heavy atom. The molecule has 0 amide bonds. The van der Waals surface area contributed by atoms with E-state index in [1.165, 1.54) is 12.1 Å². The molecule has 0 aliphatic carbocycles. The van der Waals surface area contributed by atoms with Crippen molar-refractivity contribution in [2.75, 3.05) is 0 Å². The van der Waals surface area contributed by atoms with Crippen LogP contribution in [-0.4, -0.2) is 17.9 Å². The number of esters is 1. The lowest BCUT2D eigenvalue weighted by molar-refractivity contribution is -0.141. The van der Waals surface area contributed by atoms with Crippen molar-refractivity contribution in [2.45, 2.75) is 20.0 Å². The Kier molecular flexibility index (Phi) is 6.85. The average Bonchev–Trinajstić information content (AvgIpc) is 3.15. The lowest BCUT2D eigenvalue weighted by Gasteiger charge is -2.16. The van der Waals surface area contributed by atoms with E-state index in [0.29, 0.717) is 11.1 Å². The van der Waals surface area contributed by atoms with Gasteiger partial charge in [-0.3, -0.25) is 4.79 Å². The van der Waals surface area contributed by atoms with Crippen LogP contribution in [0, 0.1) is 36.0 Å². The number of ether oxygens (including phenoxy) is 3. The van der Waals surface area contributed by atoms with Crippen molar-refractivity contribution in [3.63, 3.8) is 0 Å². The van der Waals surface area contributed by atoms with Crippen LogP contribution in [0.4, 0.5) is 22.0 Å². The standard InChI is InChI=1S/C25H14BrF5O5/c1-10-7-14(9-15-17(10)23(32)16(36-15)8-12-3-5-13(26)6-4-12)35-25(33)11(2)34-24-21(30)19(28)18(27)20(29)22(24)31/h3-9,11H,1-2H3/b16-8-. The second-order valence-electron chi connectivity index (χ2n) is 7.68. The number of allylic oxidation sites excluding steroid dienone is 1. The molecule has 0 bridgehead atoms. The van der Waals surface area contributed by atoms with Gasteiger partial charge < -0.3 is 14.2 Å². The molecule has 36 heavy (non-hydrogen) atoms. The smallest absolute Gasteiger partial charge is 0.352 e. The number of aryl methyl sites for hydroxylation is 1. The predicted octanol–water partition coefficient (Wildman–Crippen LogP) is 6.44. The summed E-state index contributed by atoms with van der Waals surface area (Å²) in [4.78, 5) is 25.2. The Morgan fingerprint density at radius 1 is 0.972 bits per heavy atom. The number of benzene rings is 3. The molecule has 3 aromatic rings. The fraction of sp³-hybridized carbons (Fsp3) is 0.120. The van der Waals surface area contributed by atoms with E-state index in [4.69, 9.17) is 9.47 Å². The van der Waals surface area contributed by atoms with Gasteiger partial charge in [-0.15, -0.1) is 0 Å². The van der Waals surface area contributed by atoms with Crippen LogP contribution in [-0.2, 0) is 4.79 Å². The molecule has 3 aromatic carbocycles. The summed E-state index contributed by atoms with van der Waals surface area (Å²) in [5, 5.41) is 0. The molecule has 186 valence electrons. The van der Waals surface area contributed by atoms with Crippen molar-refractivity contribution in [3.8, 4) is 17.2 Å². The van der Waals surface area contributed by atoms with Gasteiger partial charge in [0, 0.05) is 10.5 Å². The summed E-state index contributed by atoms with van der Waals surface area (Å²) in [6.07, 6.45) is -0.220. The number of hydrogen-bond acceptors (Lipinski definition) is 5. The molecule has 0 spiro atoms. The van der Waals surface area contributed by atoms with E-state index in [1.54, 1.807) is 37.3 Å². The monoisotopic (exact) mass is 568 g/mol. The van der Waals surface area contributed by atoms with Gasteiger partial charge in [-0.25, -0.2) is 18.0 Å². The van der Waals surface area contributed by atoms with Gasteiger partial charge in [0.15, 0.2) is 17.6 Å². The van der Waals surface area contributed by atoms with Crippen LogP contribution in [0.3, 0.4) is 0 Å². The molecule has 0 N–H and O–H groups in total. The minimum atomic E-state index is -2.36. The molecule has 11 heteroatoms. The van der Waals surface area contributed by atoms with Crippen LogP contribution in [0.1, 0.15) is 28.4 Å². The largest absolute Gasteiger partial charge is 0.473 e. The highest BCUT2D eigenvalue weighted by Crippen LogP contribution is 2.38. The van der Waals surface area contributed by atoms with Crippen LogP contribution in [0.5, 0.6) is 17.2 Å². The fourth-order valence-corrected chi connectivity index (χ4v) is 3.62. The van der Waals surface area contributed by atoms with Gasteiger partial charge in [0.05, 0.1) is 5.56 Å². The molecule has 0 fully saturated rings. The van der Waals surface area contributed by atoms with E-state index in [-0.39, 0.29) is 28.6 Å². The molecular formula is C25H14BrF5O5. The van der Waals surface area contributed by atoms with Gasteiger partial charge in [-0.05, 0) is 49.2 Å². The van der Waals surface area contributed by atoms with Crippen molar-refractivity contribution >= 4 is 33.8 Å². The first-order valence-electron chi connectivity index (χ1n) is 10.2. The van der Waals surface area contributed by atoms with E-state index in [2.05, 4.69) is 20.7 Å². The zero-order valence-corrected chi connectivity index (χ0v) is 20.0. The number of halogens is 6. The first-order valence-corrected chi connectivity index (χ1v) is 11.0. The van der Waals surface area contributed by atoms with Crippen LogP contribution in [0.15, 0.2) is 46.6 Å². The van der Waals surface area contributed by atoms with Crippen LogP contribution >= 0.6 is 15.9 Å². The third-order valence-electron chi connectivity index (χ3n) is 5.13. The third kappa shape index (κ3) is 4.70. The van der Waals surface area contributed by atoms with Gasteiger partial charge in [-0.1, -0.05) is 28.1 Å². The summed E-state index contributed by atoms with van der Waals surface area (Å²) in [6.45, 7) is 2.58. The first kappa shape index (κ1) is 25.4. The summed E-state index contributed by atoms with van der Waals surface area (Å²) in [6, 6.07) is 9.72. The van der Waals surface area contributed by atoms with E-state index in [1.807, 2.05) is 0 Å². The van der Waals surface area contributed by atoms with Crippen molar-refractivity contribution in [2.24, 2.45) is 0 Å². The van der Waals surface area contributed by atoms with Gasteiger partial charge in [0.2, 0.25) is 34.9 Å². The van der Waals surface area contributed by atoms with E-state index in [9.17, 15) is 31.5 Å². The van der Waals surface area contributed by atoms with Crippen LogP contribution in [0.2, 0.25) is 0 Å². The lowest BCUT2D eigenvalue weighted by Crippen LogP contribution is -2.29. The summed E-state index contributed by atoms with van der Waals surface area (Å²) in [5.41, 5.74) is 1.37. The highest BCUT2D eigenvalue weighted by atomic mass is 79.9. The summed E-state index contributed by atoms with van der Waals surface area (Å²) >= 11 is 3.32. The first-order chi connectivity index (χ1) is 17.0. The zero-order chi connectivity index (χ0) is 26.3. The average molecular weight is 569 g/mol. The Bertz CT molecular complexity index is 1410. The molecule has 4 rings (SSSR count). The maximum atomic E-state index is 13.9. The predicted molar refractivity (Wildman–Crippen MR) is 120 cm³/mol. The molecular weight excluding hydrogens is 555 g/mol. The number of hydrogen-bond donors (Lipinski definition) is 0. The van der Waals surface area contributed by atoms with Gasteiger partial charge in [0.1, 0.15) is 11.5 Å². The molecule has 1 aliphatic rings. The second kappa shape index (κ2) is 9.73. The van der Waals surface area contributed by atoms with Crippen molar-refractivity contribution in [1.29, 1.82) is 0 Å². The molecule has 0 aromatic heterocycles. The Labute approximate surface area is 209 Å². The summed E-state index contributed by atoms with van der Waals surface area (Å²) in [7, 11) is 0. The quantitative estimate of drug-likeness (QED) is 0.0884. The number of carbonyl (C=O) groups is 2. The minimum Gasteiger partial charge on any atom is -0.473 e. The highest BCUT2D eigenvalue weighted by Gasteiger charge is 2.32. The van der Waals surface area contributed by atoms with Crippen molar-refractivity contribution in [3.05, 3.63) is 92.4 Å². The van der Waals surface area contributed by atoms with Gasteiger partial charge >= 0.3 is 5.97 Å². The maximum absolute atomic E-state index is 13.9. The van der Waals surface area contributed by atoms with Crippen LogP contribution in [0.25, 0.3) is 6.08 Å². The SMILES string of the molecule is Cc1cc(OC(=O)C(C)Oc2c(F)c(F)c(F)c(F)c2F)cc2c1C(=O)/C(=C/c1ccc(Br)cc1)O2. The zero-order valence-electron chi connectivity index (χ0n) is 18.4. The topological polar surface area (TPSA) is 61.8 Å². The number of ketones is 1. The molecule has 0 radical (unpaired) electrons. The van der Waals surface area contributed by atoms with E-state index < -0.39 is 46.9 Å². The minimum absolute atomic E-state index is 0.0434. The molecule has 5 nitrogen and oxygen atoms in total. The molecule has 0 saturated carbocycles. The summed E-state index contributed by atoms with van der Waals surface area (Å²) in [5.74, 6) is -14.4.